The van der Waals surface area contributed by atoms with E-state index in [9.17, 15) is 22.8 Å². The number of nitrogens with one attached hydrogen (secondary N) is 1. The predicted molar refractivity (Wildman–Crippen MR) is 113 cm³/mol. The first kappa shape index (κ1) is 22.0. The van der Waals surface area contributed by atoms with Crippen molar-refractivity contribution in [3.63, 3.8) is 0 Å². The summed E-state index contributed by atoms with van der Waals surface area (Å²) in [4.78, 5) is 39.0. The zero-order valence-electron chi connectivity index (χ0n) is 16.3. The van der Waals surface area contributed by atoms with Gasteiger partial charge in [-0.05, 0) is 36.8 Å². The zero-order chi connectivity index (χ0) is 22.1. The molecule has 30 heavy (non-hydrogen) atoms. The number of hydrogen-bond acceptors (Lipinski definition) is 5. The Kier molecular flexibility index (Phi) is 6.27. The van der Waals surface area contributed by atoms with Gasteiger partial charge in [0.05, 0.1) is 5.56 Å². The predicted octanol–water partition coefficient (Wildman–Crippen LogP) is 1.76. The summed E-state index contributed by atoms with van der Waals surface area (Å²) in [7, 11) is -2.67. The summed E-state index contributed by atoms with van der Waals surface area (Å²) in [6.07, 6.45) is 0. The quantitative estimate of drug-likeness (QED) is 0.659. The molecule has 0 aliphatic carbocycles. The largest absolute Gasteiger partial charge is 0.357 e. The molecule has 1 atom stereocenters. The molecule has 1 aliphatic rings. The van der Waals surface area contributed by atoms with E-state index in [1.807, 2.05) is 0 Å². The summed E-state index contributed by atoms with van der Waals surface area (Å²) < 4.78 is 26.9. The zero-order valence-corrected chi connectivity index (χ0v) is 18.7. The van der Waals surface area contributed by atoms with Crippen LogP contribution in [0.3, 0.4) is 0 Å². The van der Waals surface area contributed by atoms with Crippen molar-refractivity contribution in [2.45, 2.75) is 24.4 Å². The van der Waals surface area contributed by atoms with Crippen LogP contribution in [-0.4, -0.2) is 55.0 Å². The molecule has 158 valence electrons. The second-order valence-electron chi connectivity index (χ2n) is 6.75. The molecular weight excluding hydrogens is 474 g/mol. The number of carbonyl (C=O) groups is 3. The van der Waals surface area contributed by atoms with Crippen molar-refractivity contribution in [2.75, 3.05) is 13.6 Å². The van der Waals surface area contributed by atoms with Crippen LogP contribution < -0.4 is 5.32 Å². The average Bonchev–Trinajstić information content (AvgIpc) is 2.93. The highest BCUT2D eigenvalue weighted by molar-refractivity contribution is 9.10. The number of halogens is 1. The van der Waals surface area contributed by atoms with E-state index in [1.54, 1.807) is 37.3 Å². The third-order valence-electron chi connectivity index (χ3n) is 4.87. The highest BCUT2D eigenvalue weighted by Gasteiger charge is 2.43. The van der Waals surface area contributed by atoms with E-state index in [0.717, 1.165) is 10.0 Å². The van der Waals surface area contributed by atoms with E-state index in [4.69, 9.17) is 0 Å². The summed E-state index contributed by atoms with van der Waals surface area (Å²) in [6, 6.07) is 12.1. The first-order valence-electron chi connectivity index (χ1n) is 9.08. The highest BCUT2D eigenvalue weighted by atomic mass is 79.9. The third kappa shape index (κ3) is 4.10. The van der Waals surface area contributed by atoms with E-state index in [0.29, 0.717) is 4.31 Å². The Morgan fingerprint density at radius 2 is 1.77 bits per heavy atom. The second kappa shape index (κ2) is 8.57. The number of fused-ring (bicyclic) bond motifs is 1. The Morgan fingerprint density at radius 3 is 2.37 bits per heavy atom. The molecule has 0 fully saturated rings. The summed E-state index contributed by atoms with van der Waals surface area (Å²) in [5.41, 5.74) is 0.783. The molecule has 2 aromatic carbocycles. The monoisotopic (exact) mass is 493 g/mol. The van der Waals surface area contributed by atoms with Crippen LogP contribution in [0.2, 0.25) is 0 Å². The van der Waals surface area contributed by atoms with Crippen molar-refractivity contribution in [2.24, 2.45) is 0 Å². The van der Waals surface area contributed by atoms with Gasteiger partial charge in [0.1, 0.15) is 17.5 Å². The number of amides is 3. The molecule has 1 heterocycles. The number of benzene rings is 2. The topological polar surface area (TPSA) is 104 Å². The fourth-order valence-electron chi connectivity index (χ4n) is 3.18. The maximum Gasteiger partial charge on any atom is 0.269 e. The molecule has 3 amide bonds. The van der Waals surface area contributed by atoms with Gasteiger partial charge in [0.15, 0.2) is 0 Å². The second-order valence-corrected chi connectivity index (χ2v) is 9.50. The van der Waals surface area contributed by atoms with Crippen LogP contribution >= 0.6 is 15.9 Å². The SMILES string of the molecule is CNC(=O)[C@@H](C)N(Cc1ccc(Br)cc1)C(=O)CN1C(=O)c2ccccc2S1(=O)=O. The third-order valence-corrected chi connectivity index (χ3v) is 7.19. The molecule has 0 saturated heterocycles. The van der Waals surface area contributed by atoms with Crippen molar-refractivity contribution in [3.8, 4) is 0 Å². The Balaban J connectivity index is 1.89. The van der Waals surface area contributed by atoms with Crippen molar-refractivity contribution in [1.82, 2.24) is 14.5 Å². The highest BCUT2D eigenvalue weighted by Crippen LogP contribution is 2.30. The van der Waals surface area contributed by atoms with Gasteiger partial charge < -0.3 is 10.2 Å². The molecule has 1 aliphatic heterocycles. The van der Waals surface area contributed by atoms with Crippen molar-refractivity contribution < 1.29 is 22.8 Å². The number of sulfonamides is 1. The van der Waals surface area contributed by atoms with Gasteiger partial charge in [0, 0.05) is 18.1 Å². The molecule has 0 spiro atoms. The van der Waals surface area contributed by atoms with Crippen molar-refractivity contribution in [1.29, 1.82) is 0 Å². The summed E-state index contributed by atoms with van der Waals surface area (Å²) >= 11 is 3.34. The fraction of sp³-hybridized carbons (Fsp3) is 0.250. The van der Waals surface area contributed by atoms with Gasteiger partial charge in [-0.1, -0.05) is 40.2 Å². The normalized spacial score (nSPS) is 15.4. The number of hydrogen-bond donors (Lipinski definition) is 1. The molecule has 0 bridgehead atoms. The lowest BCUT2D eigenvalue weighted by Gasteiger charge is -2.29. The van der Waals surface area contributed by atoms with Crippen LogP contribution in [0.4, 0.5) is 0 Å². The molecule has 0 saturated carbocycles. The van der Waals surface area contributed by atoms with E-state index >= 15 is 0 Å². The van der Waals surface area contributed by atoms with Gasteiger partial charge in [0.2, 0.25) is 11.8 Å². The van der Waals surface area contributed by atoms with Gasteiger partial charge in [-0.3, -0.25) is 14.4 Å². The van der Waals surface area contributed by atoms with Crippen LogP contribution in [0, 0.1) is 0 Å². The Labute approximate surface area is 183 Å². The Hall–Kier alpha value is -2.72. The molecule has 10 heteroatoms. The van der Waals surface area contributed by atoms with Crippen molar-refractivity contribution >= 4 is 43.7 Å². The Bertz CT molecular complexity index is 1100. The van der Waals surface area contributed by atoms with Gasteiger partial charge in [-0.15, -0.1) is 0 Å². The van der Waals surface area contributed by atoms with Crippen LogP contribution in [0.25, 0.3) is 0 Å². The van der Waals surface area contributed by atoms with E-state index < -0.39 is 40.3 Å². The Morgan fingerprint density at radius 1 is 1.13 bits per heavy atom. The molecule has 1 N–H and O–H groups in total. The van der Waals surface area contributed by atoms with Crippen LogP contribution in [-0.2, 0) is 26.2 Å². The molecule has 0 radical (unpaired) electrons. The fourth-order valence-corrected chi connectivity index (χ4v) is 4.96. The minimum atomic E-state index is -4.12. The maximum absolute atomic E-state index is 13.1. The van der Waals surface area contributed by atoms with Gasteiger partial charge in [-0.25, -0.2) is 12.7 Å². The van der Waals surface area contributed by atoms with E-state index in [2.05, 4.69) is 21.2 Å². The van der Waals surface area contributed by atoms with Gasteiger partial charge in [0.25, 0.3) is 15.9 Å². The first-order valence-corrected chi connectivity index (χ1v) is 11.3. The van der Waals surface area contributed by atoms with Crippen LogP contribution in [0.1, 0.15) is 22.8 Å². The minimum Gasteiger partial charge on any atom is -0.357 e. The average molecular weight is 494 g/mol. The lowest BCUT2D eigenvalue weighted by molar-refractivity contribution is -0.140. The number of nitrogens with zero attached hydrogens (tertiary/aromatic N) is 2. The summed E-state index contributed by atoms with van der Waals surface area (Å²) in [6.45, 7) is 0.939. The summed E-state index contributed by atoms with van der Waals surface area (Å²) in [5, 5.41) is 2.49. The lowest BCUT2D eigenvalue weighted by atomic mass is 10.1. The molecule has 2 aromatic rings. The van der Waals surface area contributed by atoms with Crippen LogP contribution in [0.15, 0.2) is 57.9 Å². The maximum atomic E-state index is 13.1. The van der Waals surface area contributed by atoms with Gasteiger partial charge >= 0.3 is 0 Å². The number of likely N-dealkylation sites (N-methyl/N-ethyl adjacent to an activating group) is 1. The minimum absolute atomic E-state index is 0.0316. The first-order chi connectivity index (χ1) is 14.2. The molecular formula is C20H20BrN3O5S. The summed E-state index contributed by atoms with van der Waals surface area (Å²) in [5.74, 6) is -1.81. The van der Waals surface area contributed by atoms with E-state index in [1.165, 1.54) is 30.1 Å². The van der Waals surface area contributed by atoms with Crippen LogP contribution in [0.5, 0.6) is 0 Å². The molecule has 3 rings (SSSR count). The van der Waals surface area contributed by atoms with Gasteiger partial charge in [-0.2, -0.15) is 0 Å². The molecule has 0 aromatic heterocycles. The standard InChI is InChI=1S/C20H20BrN3O5S/c1-13(19(26)22-2)23(11-14-7-9-15(21)10-8-14)18(25)12-24-20(27)16-5-3-4-6-17(16)30(24,28)29/h3-10,13H,11-12H2,1-2H3,(H,22,26)/t13-/m1/s1. The van der Waals surface area contributed by atoms with E-state index in [-0.39, 0.29) is 17.0 Å². The molecule has 8 nitrogen and oxygen atoms in total. The van der Waals surface area contributed by atoms with Crippen molar-refractivity contribution in [3.05, 3.63) is 64.1 Å². The molecule has 0 unspecified atom stereocenters. The lowest BCUT2D eigenvalue weighted by Crippen LogP contribution is -2.50. The smallest absolute Gasteiger partial charge is 0.269 e. The number of carbonyl (C=O) groups excluding carboxylic acids is 3. The number of rotatable bonds is 6.